The second-order valence-electron chi connectivity index (χ2n) is 6.62. The maximum Gasteiger partial charge on any atom is 0.165 e. The van der Waals surface area contributed by atoms with Gasteiger partial charge in [-0.2, -0.15) is 0 Å². The number of hydrogen-bond donors (Lipinski definition) is 0. The molecule has 6 heteroatoms. The molecule has 1 aromatic heterocycles. The maximum absolute atomic E-state index is 5.84. The van der Waals surface area contributed by atoms with Crippen molar-refractivity contribution >= 4 is 0 Å². The Balaban J connectivity index is 1.34. The Kier molecular flexibility index (Phi) is 4.90. The van der Waals surface area contributed by atoms with E-state index >= 15 is 0 Å². The Labute approximate surface area is 149 Å². The Bertz CT molecular complexity index is 707. The van der Waals surface area contributed by atoms with E-state index in [1.165, 1.54) is 11.4 Å². The van der Waals surface area contributed by atoms with E-state index in [9.17, 15) is 0 Å². The van der Waals surface area contributed by atoms with E-state index in [-0.39, 0.29) is 0 Å². The third kappa shape index (κ3) is 3.65. The SMILES string of the molecule is CCn1ccnc1CN1CCN(Cc2cccc3c2OCCO3)CC1. The fraction of sp³-hybridized carbons (Fsp3) is 0.526. The van der Waals surface area contributed by atoms with Crippen LogP contribution in [0.2, 0.25) is 0 Å². The molecule has 2 aromatic rings. The van der Waals surface area contributed by atoms with Crippen LogP contribution in [-0.2, 0) is 19.6 Å². The summed E-state index contributed by atoms with van der Waals surface area (Å²) in [6, 6.07) is 6.20. The summed E-state index contributed by atoms with van der Waals surface area (Å²) in [6.45, 7) is 10.6. The number of rotatable bonds is 5. The van der Waals surface area contributed by atoms with Gasteiger partial charge in [-0.05, 0) is 13.0 Å². The molecule has 0 N–H and O–H groups in total. The minimum absolute atomic E-state index is 0.641. The van der Waals surface area contributed by atoms with Gasteiger partial charge in [0.15, 0.2) is 11.5 Å². The molecule has 6 nitrogen and oxygen atoms in total. The average Bonchev–Trinajstić information content (AvgIpc) is 3.11. The number of nitrogens with zero attached hydrogens (tertiary/aromatic N) is 4. The van der Waals surface area contributed by atoms with Crippen molar-refractivity contribution in [3.05, 3.63) is 42.0 Å². The van der Waals surface area contributed by atoms with Gasteiger partial charge in [0, 0.05) is 57.2 Å². The maximum atomic E-state index is 5.84. The van der Waals surface area contributed by atoms with Crippen LogP contribution in [0.1, 0.15) is 18.3 Å². The predicted molar refractivity (Wildman–Crippen MR) is 95.9 cm³/mol. The zero-order valence-electron chi connectivity index (χ0n) is 14.9. The largest absolute Gasteiger partial charge is 0.486 e. The Morgan fingerprint density at radius 1 is 1.00 bits per heavy atom. The number of hydrogen-bond acceptors (Lipinski definition) is 5. The molecule has 0 aliphatic carbocycles. The predicted octanol–water partition coefficient (Wildman–Crippen LogP) is 1.99. The van der Waals surface area contributed by atoms with Gasteiger partial charge < -0.3 is 14.0 Å². The third-order valence-electron chi connectivity index (χ3n) is 5.01. The highest BCUT2D eigenvalue weighted by Gasteiger charge is 2.21. The summed E-state index contributed by atoms with van der Waals surface area (Å²) in [5.74, 6) is 2.98. The van der Waals surface area contributed by atoms with Gasteiger partial charge >= 0.3 is 0 Å². The van der Waals surface area contributed by atoms with E-state index in [0.29, 0.717) is 13.2 Å². The van der Waals surface area contributed by atoms with Gasteiger partial charge in [-0.1, -0.05) is 12.1 Å². The molecule has 0 amide bonds. The van der Waals surface area contributed by atoms with Crippen molar-refractivity contribution in [2.75, 3.05) is 39.4 Å². The van der Waals surface area contributed by atoms with E-state index in [1.807, 2.05) is 12.3 Å². The number of piperazine rings is 1. The molecule has 0 unspecified atom stereocenters. The normalized spacial score (nSPS) is 18.4. The number of fused-ring (bicyclic) bond motifs is 1. The van der Waals surface area contributed by atoms with Crippen molar-refractivity contribution in [1.82, 2.24) is 19.4 Å². The van der Waals surface area contributed by atoms with Crippen molar-refractivity contribution in [3.8, 4) is 11.5 Å². The molecule has 1 saturated heterocycles. The molecule has 134 valence electrons. The van der Waals surface area contributed by atoms with Gasteiger partial charge in [0.1, 0.15) is 19.0 Å². The van der Waals surface area contributed by atoms with Crippen LogP contribution in [-0.4, -0.2) is 58.7 Å². The molecule has 2 aliphatic rings. The highest BCUT2D eigenvalue weighted by atomic mass is 16.6. The number of aryl methyl sites for hydroxylation is 1. The smallest absolute Gasteiger partial charge is 0.165 e. The topological polar surface area (TPSA) is 42.8 Å². The van der Waals surface area contributed by atoms with Crippen molar-refractivity contribution in [2.24, 2.45) is 0 Å². The first-order valence-electron chi connectivity index (χ1n) is 9.15. The Morgan fingerprint density at radius 2 is 1.76 bits per heavy atom. The summed E-state index contributed by atoms with van der Waals surface area (Å²) in [5.41, 5.74) is 1.23. The van der Waals surface area contributed by atoms with Gasteiger partial charge in [-0.25, -0.2) is 4.98 Å². The summed E-state index contributed by atoms with van der Waals surface area (Å²) >= 11 is 0. The van der Waals surface area contributed by atoms with Gasteiger partial charge in [0.05, 0.1) is 6.54 Å². The summed E-state index contributed by atoms with van der Waals surface area (Å²) in [6.07, 6.45) is 3.96. The first kappa shape index (κ1) is 16.4. The van der Waals surface area contributed by atoms with E-state index in [1.54, 1.807) is 0 Å². The van der Waals surface area contributed by atoms with Gasteiger partial charge in [-0.3, -0.25) is 9.80 Å². The van der Waals surface area contributed by atoms with Crippen LogP contribution >= 0.6 is 0 Å². The first-order chi connectivity index (χ1) is 12.3. The van der Waals surface area contributed by atoms with E-state index in [4.69, 9.17) is 9.47 Å². The second-order valence-corrected chi connectivity index (χ2v) is 6.62. The molecular weight excluding hydrogens is 316 g/mol. The number of aromatic nitrogens is 2. The molecular formula is C19H26N4O2. The van der Waals surface area contributed by atoms with Crippen LogP contribution in [0.25, 0.3) is 0 Å². The second kappa shape index (κ2) is 7.45. The number of ether oxygens (including phenoxy) is 2. The molecule has 0 radical (unpaired) electrons. The van der Waals surface area contributed by atoms with Crippen LogP contribution in [0.4, 0.5) is 0 Å². The number of imidazole rings is 1. The van der Waals surface area contributed by atoms with Gasteiger partial charge in [0.25, 0.3) is 0 Å². The fourth-order valence-corrected chi connectivity index (χ4v) is 3.58. The summed E-state index contributed by atoms with van der Waals surface area (Å²) in [4.78, 5) is 9.48. The molecule has 25 heavy (non-hydrogen) atoms. The molecule has 0 spiro atoms. The lowest BCUT2D eigenvalue weighted by Crippen LogP contribution is -2.45. The average molecular weight is 342 g/mol. The van der Waals surface area contributed by atoms with Crippen LogP contribution in [0, 0.1) is 0 Å². The van der Waals surface area contributed by atoms with Crippen LogP contribution in [0.5, 0.6) is 11.5 Å². The van der Waals surface area contributed by atoms with Crippen molar-refractivity contribution in [2.45, 2.75) is 26.6 Å². The first-order valence-corrected chi connectivity index (χ1v) is 9.15. The fourth-order valence-electron chi connectivity index (χ4n) is 3.58. The molecule has 0 saturated carbocycles. The molecule has 3 heterocycles. The van der Waals surface area contributed by atoms with Crippen LogP contribution in [0.15, 0.2) is 30.6 Å². The monoisotopic (exact) mass is 342 g/mol. The minimum atomic E-state index is 0.641. The van der Waals surface area contributed by atoms with Crippen molar-refractivity contribution in [3.63, 3.8) is 0 Å². The van der Waals surface area contributed by atoms with Crippen molar-refractivity contribution < 1.29 is 9.47 Å². The molecule has 0 bridgehead atoms. The summed E-state index contributed by atoms with van der Waals surface area (Å²) in [7, 11) is 0. The van der Waals surface area contributed by atoms with E-state index < -0.39 is 0 Å². The third-order valence-corrected chi connectivity index (χ3v) is 5.01. The Hall–Kier alpha value is -2.05. The lowest BCUT2D eigenvalue weighted by Gasteiger charge is -2.35. The zero-order chi connectivity index (χ0) is 17.1. The zero-order valence-corrected chi connectivity index (χ0v) is 14.9. The lowest BCUT2D eigenvalue weighted by molar-refractivity contribution is 0.116. The van der Waals surface area contributed by atoms with E-state index in [0.717, 1.165) is 57.3 Å². The van der Waals surface area contributed by atoms with Crippen molar-refractivity contribution in [1.29, 1.82) is 0 Å². The van der Waals surface area contributed by atoms with Gasteiger partial charge in [-0.15, -0.1) is 0 Å². The molecule has 2 aliphatic heterocycles. The van der Waals surface area contributed by atoms with Gasteiger partial charge in [0.2, 0.25) is 0 Å². The highest BCUT2D eigenvalue weighted by molar-refractivity contribution is 5.47. The summed E-state index contributed by atoms with van der Waals surface area (Å²) in [5, 5.41) is 0. The number of benzene rings is 1. The quantitative estimate of drug-likeness (QED) is 0.831. The minimum Gasteiger partial charge on any atom is -0.486 e. The molecule has 4 rings (SSSR count). The highest BCUT2D eigenvalue weighted by Crippen LogP contribution is 2.34. The number of para-hydroxylation sites is 1. The van der Waals surface area contributed by atoms with Crippen LogP contribution in [0.3, 0.4) is 0 Å². The lowest BCUT2D eigenvalue weighted by atomic mass is 10.1. The molecule has 0 atom stereocenters. The Morgan fingerprint density at radius 3 is 2.56 bits per heavy atom. The standard InChI is InChI=1S/C19H26N4O2/c1-2-23-7-6-20-18(23)15-22-10-8-21(9-11-22)14-16-4-3-5-17-19(16)25-13-12-24-17/h3-7H,2,8-15H2,1H3. The molecule has 1 fully saturated rings. The summed E-state index contributed by atoms with van der Waals surface area (Å²) < 4.78 is 13.8. The van der Waals surface area contributed by atoms with Crippen LogP contribution < -0.4 is 9.47 Å². The van der Waals surface area contributed by atoms with E-state index in [2.05, 4.69) is 44.6 Å². The molecule has 1 aromatic carbocycles.